The van der Waals surface area contributed by atoms with Crippen LogP contribution in [0.3, 0.4) is 0 Å². The molecule has 0 aliphatic heterocycles. The molecule has 0 N–H and O–H groups in total. The maximum Gasteiger partial charge on any atom is 0.416 e. The molecule has 2 rings (SSSR count). The van der Waals surface area contributed by atoms with E-state index in [0.717, 1.165) is 12.1 Å². The summed E-state index contributed by atoms with van der Waals surface area (Å²) in [4.78, 5) is 0. The number of hydrogen-bond donors (Lipinski definition) is 0. The number of alkyl halides is 3. The SMILES string of the molecule is C=Cc1ccc(C(F)(F)F)cc1.Clc1cccc(Cl)c1. The van der Waals surface area contributed by atoms with Crippen LogP contribution < -0.4 is 0 Å². The van der Waals surface area contributed by atoms with Crippen molar-refractivity contribution in [3.05, 3.63) is 76.3 Å². The summed E-state index contributed by atoms with van der Waals surface area (Å²) in [5, 5.41) is 1.36. The van der Waals surface area contributed by atoms with E-state index in [4.69, 9.17) is 23.2 Å². The largest absolute Gasteiger partial charge is 0.416 e. The van der Waals surface area contributed by atoms with Crippen molar-refractivity contribution in [2.45, 2.75) is 6.18 Å². The summed E-state index contributed by atoms with van der Waals surface area (Å²) in [5.41, 5.74) is 0.0519. The first-order valence-corrected chi connectivity index (χ1v) is 6.29. The highest BCUT2D eigenvalue weighted by Gasteiger charge is 2.29. The van der Waals surface area contributed by atoms with Gasteiger partial charge in [0.1, 0.15) is 0 Å². The molecule has 0 bridgehead atoms. The van der Waals surface area contributed by atoms with Gasteiger partial charge in [-0.2, -0.15) is 13.2 Å². The topological polar surface area (TPSA) is 0 Å². The summed E-state index contributed by atoms with van der Waals surface area (Å²) >= 11 is 11.1. The van der Waals surface area contributed by atoms with Gasteiger partial charge in [-0.15, -0.1) is 0 Å². The van der Waals surface area contributed by atoms with Crippen molar-refractivity contribution in [2.24, 2.45) is 0 Å². The number of benzene rings is 2. The van der Waals surface area contributed by atoms with Gasteiger partial charge in [0.05, 0.1) is 5.56 Å². The van der Waals surface area contributed by atoms with E-state index >= 15 is 0 Å². The summed E-state index contributed by atoms with van der Waals surface area (Å²) in [6, 6.07) is 11.9. The lowest BCUT2D eigenvalue weighted by atomic mass is 10.1. The van der Waals surface area contributed by atoms with E-state index in [0.29, 0.717) is 15.6 Å². The fourth-order valence-corrected chi connectivity index (χ4v) is 1.70. The van der Waals surface area contributed by atoms with Gasteiger partial charge < -0.3 is 0 Å². The number of rotatable bonds is 1. The summed E-state index contributed by atoms with van der Waals surface area (Å²) in [7, 11) is 0. The minimum absolute atomic E-state index is 0.631. The van der Waals surface area contributed by atoms with Gasteiger partial charge in [0, 0.05) is 10.0 Å². The number of halogens is 5. The molecular formula is C15H11Cl2F3. The van der Waals surface area contributed by atoms with E-state index in [9.17, 15) is 13.2 Å². The Labute approximate surface area is 125 Å². The Morgan fingerprint density at radius 2 is 1.40 bits per heavy atom. The predicted octanol–water partition coefficient (Wildman–Crippen LogP) is 6.34. The zero-order chi connectivity index (χ0) is 15.2. The third-order valence-electron chi connectivity index (χ3n) is 2.26. The molecular weight excluding hydrogens is 308 g/mol. The summed E-state index contributed by atoms with van der Waals surface area (Å²) < 4.78 is 36.0. The van der Waals surface area contributed by atoms with Crippen molar-refractivity contribution in [3.8, 4) is 0 Å². The second-order valence-corrected chi connectivity index (χ2v) is 4.64. The average molecular weight is 319 g/mol. The Bertz CT molecular complexity index is 543. The van der Waals surface area contributed by atoms with Gasteiger partial charge in [-0.1, -0.05) is 54.1 Å². The van der Waals surface area contributed by atoms with Crippen LogP contribution in [0.1, 0.15) is 11.1 Å². The Morgan fingerprint density at radius 3 is 1.70 bits per heavy atom. The van der Waals surface area contributed by atoms with Gasteiger partial charge in [0.25, 0.3) is 0 Å². The summed E-state index contributed by atoms with van der Waals surface area (Å²) in [5.74, 6) is 0. The van der Waals surface area contributed by atoms with Crippen LogP contribution in [0.25, 0.3) is 6.08 Å². The normalized spacial score (nSPS) is 10.4. The fraction of sp³-hybridized carbons (Fsp3) is 0.0667. The van der Waals surface area contributed by atoms with Crippen LogP contribution in [-0.2, 0) is 6.18 Å². The molecule has 0 radical (unpaired) electrons. The third-order valence-corrected chi connectivity index (χ3v) is 2.73. The van der Waals surface area contributed by atoms with Crippen LogP contribution in [0.4, 0.5) is 13.2 Å². The van der Waals surface area contributed by atoms with Gasteiger partial charge in [-0.25, -0.2) is 0 Å². The molecule has 0 nitrogen and oxygen atoms in total. The van der Waals surface area contributed by atoms with E-state index < -0.39 is 11.7 Å². The van der Waals surface area contributed by atoms with Crippen molar-refractivity contribution in [1.29, 1.82) is 0 Å². The van der Waals surface area contributed by atoms with Crippen LogP contribution >= 0.6 is 23.2 Å². The Morgan fingerprint density at radius 1 is 0.900 bits per heavy atom. The van der Waals surface area contributed by atoms with Crippen LogP contribution in [0.15, 0.2) is 55.1 Å². The second kappa shape index (κ2) is 7.36. The van der Waals surface area contributed by atoms with Crippen LogP contribution in [0, 0.1) is 0 Å². The number of hydrogen-bond acceptors (Lipinski definition) is 0. The Balaban J connectivity index is 0.000000217. The lowest BCUT2D eigenvalue weighted by Crippen LogP contribution is -2.03. The maximum atomic E-state index is 12.0. The Hall–Kier alpha value is -1.45. The van der Waals surface area contributed by atoms with Gasteiger partial charge in [0.15, 0.2) is 0 Å². The van der Waals surface area contributed by atoms with Gasteiger partial charge in [-0.3, -0.25) is 0 Å². The lowest BCUT2D eigenvalue weighted by molar-refractivity contribution is -0.137. The third kappa shape index (κ3) is 5.68. The highest BCUT2D eigenvalue weighted by Crippen LogP contribution is 2.29. The second-order valence-electron chi connectivity index (χ2n) is 3.76. The van der Waals surface area contributed by atoms with Gasteiger partial charge in [0.2, 0.25) is 0 Å². The van der Waals surface area contributed by atoms with Crippen molar-refractivity contribution in [3.63, 3.8) is 0 Å². The first-order chi connectivity index (χ1) is 9.32. The molecule has 2 aromatic carbocycles. The standard InChI is InChI=1S/C9H7F3.C6H4Cl2/c1-2-7-3-5-8(6-4-7)9(10,11)12;7-5-2-1-3-6(8)4-5/h2-6H,1H2;1-4H. The molecule has 5 heteroatoms. The molecule has 2 aromatic rings. The summed E-state index contributed by atoms with van der Waals surface area (Å²) in [6.07, 6.45) is -2.75. The first-order valence-electron chi connectivity index (χ1n) is 5.53. The molecule has 0 amide bonds. The molecule has 0 unspecified atom stereocenters. The van der Waals surface area contributed by atoms with Crippen molar-refractivity contribution < 1.29 is 13.2 Å². The fourth-order valence-electron chi connectivity index (χ4n) is 1.27. The molecule has 0 aliphatic carbocycles. The molecule has 106 valence electrons. The van der Waals surface area contributed by atoms with Crippen LogP contribution in [0.5, 0.6) is 0 Å². The van der Waals surface area contributed by atoms with E-state index in [1.165, 1.54) is 18.2 Å². The first kappa shape index (κ1) is 16.6. The van der Waals surface area contributed by atoms with E-state index in [-0.39, 0.29) is 0 Å². The summed E-state index contributed by atoms with van der Waals surface area (Å²) in [6.45, 7) is 3.44. The minimum atomic E-state index is -4.25. The highest BCUT2D eigenvalue weighted by atomic mass is 35.5. The minimum Gasteiger partial charge on any atom is -0.166 e. The molecule has 0 heterocycles. The Kier molecular flexibility index (Phi) is 6.11. The molecule has 0 saturated heterocycles. The molecule has 0 atom stereocenters. The molecule has 0 aromatic heterocycles. The zero-order valence-corrected chi connectivity index (χ0v) is 11.8. The van der Waals surface area contributed by atoms with Crippen molar-refractivity contribution in [2.75, 3.05) is 0 Å². The van der Waals surface area contributed by atoms with E-state index in [2.05, 4.69) is 6.58 Å². The molecule has 0 saturated carbocycles. The molecule has 0 fully saturated rings. The zero-order valence-electron chi connectivity index (χ0n) is 10.3. The van der Waals surface area contributed by atoms with Crippen molar-refractivity contribution >= 4 is 29.3 Å². The smallest absolute Gasteiger partial charge is 0.166 e. The molecule has 0 spiro atoms. The van der Waals surface area contributed by atoms with Crippen LogP contribution in [-0.4, -0.2) is 0 Å². The highest BCUT2D eigenvalue weighted by molar-refractivity contribution is 6.34. The quantitative estimate of drug-likeness (QED) is 0.575. The van der Waals surface area contributed by atoms with Crippen LogP contribution in [0.2, 0.25) is 10.0 Å². The van der Waals surface area contributed by atoms with E-state index in [1.54, 1.807) is 18.2 Å². The monoisotopic (exact) mass is 318 g/mol. The maximum absolute atomic E-state index is 12.0. The van der Waals surface area contributed by atoms with Crippen molar-refractivity contribution in [1.82, 2.24) is 0 Å². The molecule has 20 heavy (non-hydrogen) atoms. The van der Waals surface area contributed by atoms with Gasteiger partial charge in [-0.05, 0) is 35.9 Å². The molecule has 0 aliphatic rings. The predicted molar refractivity (Wildman–Crippen MR) is 78.0 cm³/mol. The van der Waals surface area contributed by atoms with Gasteiger partial charge >= 0.3 is 6.18 Å². The lowest BCUT2D eigenvalue weighted by Gasteiger charge is -2.05. The van der Waals surface area contributed by atoms with E-state index in [1.807, 2.05) is 6.07 Å². The average Bonchev–Trinajstić information content (AvgIpc) is 2.38.